The fraction of sp³-hybridized carbons (Fsp3) is 0.692. The Labute approximate surface area is 112 Å². The van der Waals surface area contributed by atoms with E-state index >= 15 is 0 Å². The maximum Gasteiger partial charge on any atom is 0.358 e. The molecule has 1 fully saturated rings. The van der Waals surface area contributed by atoms with Gasteiger partial charge in [0.2, 0.25) is 0 Å². The summed E-state index contributed by atoms with van der Waals surface area (Å²) >= 11 is 0. The predicted octanol–water partition coefficient (Wildman–Crippen LogP) is 1.34. The number of carboxylic acid groups (broad SMARTS) is 1. The molecule has 0 aliphatic carbocycles. The first-order chi connectivity index (χ1) is 9.16. The van der Waals surface area contributed by atoms with E-state index in [0.29, 0.717) is 18.3 Å². The van der Waals surface area contributed by atoms with Crippen molar-refractivity contribution in [2.75, 3.05) is 19.6 Å². The van der Waals surface area contributed by atoms with Crippen LogP contribution >= 0.6 is 0 Å². The van der Waals surface area contributed by atoms with Crippen molar-refractivity contribution >= 4 is 5.97 Å². The molecule has 2 rings (SSSR count). The van der Waals surface area contributed by atoms with E-state index in [1.807, 2.05) is 0 Å². The Morgan fingerprint density at radius 2 is 2.26 bits per heavy atom. The van der Waals surface area contributed by atoms with Crippen LogP contribution in [-0.4, -0.2) is 46.8 Å². The number of likely N-dealkylation sites (tertiary alicyclic amines) is 1. The molecule has 19 heavy (non-hydrogen) atoms. The summed E-state index contributed by atoms with van der Waals surface area (Å²) in [6.07, 6.45) is 3.91. The Balaban J connectivity index is 1.71. The minimum Gasteiger partial charge on any atom is -0.476 e. The highest BCUT2D eigenvalue weighted by atomic mass is 16.5. The largest absolute Gasteiger partial charge is 0.476 e. The van der Waals surface area contributed by atoms with Crippen LogP contribution in [0.3, 0.4) is 0 Å². The molecule has 0 saturated carbocycles. The molecule has 2 N–H and O–H groups in total. The SMILES string of the molecule is CC(CNCc1cc(C(=O)O)no1)N1CCCCC1. The summed E-state index contributed by atoms with van der Waals surface area (Å²) in [5.74, 6) is -0.500. The average Bonchev–Trinajstić information content (AvgIpc) is 2.89. The average molecular weight is 267 g/mol. The smallest absolute Gasteiger partial charge is 0.358 e. The molecule has 2 heterocycles. The van der Waals surface area contributed by atoms with Gasteiger partial charge in [-0.3, -0.25) is 4.90 Å². The topological polar surface area (TPSA) is 78.6 Å². The molecule has 1 aliphatic rings. The highest BCUT2D eigenvalue weighted by Crippen LogP contribution is 2.11. The fourth-order valence-corrected chi connectivity index (χ4v) is 2.39. The van der Waals surface area contributed by atoms with Gasteiger partial charge in [-0.05, 0) is 32.9 Å². The minimum atomic E-state index is -1.06. The molecule has 1 atom stereocenters. The van der Waals surface area contributed by atoms with Gasteiger partial charge in [-0.1, -0.05) is 11.6 Å². The van der Waals surface area contributed by atoms with Gasteiger partial charge in [-0.2, -0.15) is 0 Å². The highest BCUT2D eigenvalue weighted by Gasteiger charge is 2.16. The van der Waals surface area contributed by atoms with Crippen molar-refractivity contribution in [1.82, 2.24) is 15.4 Å². The molecule has 0 spiro atoms. The second-order valence-electron chi connectivity index (χ2n) is 5.06. The van der Waals surface area contributed by atoms with Gasteiger partial charge in [-0.15, -0.1) is 0 Å². The van der Waals surface area contributed by atoms with Crippen LogP contribution in [0.5, 0.6) is 0 Å². The van der Waals surface area contributed by atoms with Crippen molar-refractivity contribution in [2.45, 2.75) is 38.8 Å². The van der Waals surface area contributed by atoms with Crippen LogP contribution in [0.1, 0.15) is 42.4 Å². The van der Waals surface area contributed by atoms with Gasteiger partial charge in [0.25, 0.3) is 0 Å². The summed E-state index contributed by atoms with van der Waals surface area (Å²) in [6.45, 7) is 5.94. The van der Waals surface area contributed by atoms with Gasteiger partial charge in [0.05, 0.1) is 6.54 Å². The van der Waals surface area contributed by atoms with E-state index in [4.69, 9.17) is 9.63 Å². The second kappa shape index (κ2) is 6.68. The minimum absolute atomic E-state index is 0.0409. The van der Waals surface area contributed by atoms with Crippen LogP contribution in [0.15, 0.2) is 10.6 Å². The normalized spacial score (nSPS) is 18.4. The third-order valence-electron chi connectivity index (χ3n) is 3.53. The lowest BCUT2D eigenvalue weighted by molar-refractivity contribution is 0.0685. The number of aromatic carboxylic acids is 1. The Kier molecular flexibility index (Phi) is 4.93. The molecule has 6 nitrogen and oxygen atoms in total. The van der Waals surface area contributed by atoms with Crippen LogP contribution in [0.25, 0.3) is 0 Å². The lowest BCUT2D eigenvalue weighted by Crippen LogP contribution is -2.42. The zero-order valence-electron chi connectivity index (χ0n) is 11.3. The van der Waals surface area contributed by atoms with Crippen LogP contribution in [0.2, 0.25) is 0 Å². The van der Waals surface area contributed by atoms with Crippen LogP contribution < -0.4 is 5.32 Å². The molecule has 0 bridgehead atoms. The second-order valence-corrected chi connectivity index (χ2v) is 5.06. The lowest BCUT2D eigenvalue weighted by atomic mass is 10.1. The highest BCUT2D eigenvalue weighted by molar-refractivity contribution is 5.85. The first-order valence-electron chi connectivity index (χ1n) is 6.80. The summed E-state index contributed by atoms with van der Waals surface area (Å²) in [4.78, 5) is 13.1. The van der Waals surface area contributed by atoms with Gasteiger partial charge >= 0.3 is 5.97 Å². The molecule has 6 heteroatoms. The number of hydrogen-bond acceptors (Lipinski definition) is 5. The quantitative estimate of drug-likeness (QED) is 0.809. The molecule has 1 saturated heterocycles. The Bertz CT molecular complexity index is 413. The summed E-state index contributed by atoms with van der Waals surface area (Å²) < 4.78 is 4.95. The van der Waals surface area contributed by atoms with E-state index in [-0.39, 0.29) is 5.69 Å². The van der Waals surface area contributed by atoms with Gasteiger partial charge in [-0.25, -0.2) is 4.79 Å². The molecule has 0 radical (unpaired) electrons. The van der Waals surface area contributed by atoms with Gasteiger partial charge in [0.15, 0.2) is 11.5 Å². The number of nitrogens with one attached hydrogen (secondary N) is 1. The Hall–Kier alpha value is -1.40. The molecule has 1 aromatic heterocycles. The third kappa shape index (κ3) is 4.04. The molecule has 106 valence electrons. The van der Waals surface area contributed by atoms with E-state index < -0.39 is 5.97 Å². The van der Waals surface area contributed by atoms with E-state index in [9.17, 15) is 4.79 Å². The first-order valence-corrected chi connectivity index (χ1v) is 6.80. The molecule has 0 amide bonds. The lowest BCUT2D eigenvalue weighted by Gasteiger charge is -2.32. The Morgan fingerprint density at radius 1 is 1.53 bits per heavy atom. The molecule has 1 aromatic rings. The van der Waals surface area contributed by atoms with E-state index in [1.54, 1.807) is 0 Å². The maximum absolute atomic E-state index is 10.7. The zero-order chi connectivity index (χ0) is 13.7. The fourth-order valence-electron chi connectivity index (χ4n) is 2.39. The summed E-state index contributed by atoms with van der Waals surface area (Å²) in [6, 6.07) is 1.95. The third-order valence-corrected chi connectivity index (χ3v) is 3.53. The number of piperidine rings is 1. The Morgan fingerprint density at radius 3 is 2.89 bits per heavy atom. The summed E-state index contributed by atoms with van der Waals surface area (Å²) in [7, 11) is 0. The van der Waals surface area contributed by atoms with Crippen LogP contribution in [0, 0.1) is 0 Å². The van der Waals surface area contributed by atoms with Crippen molar-refractivity contribution in [3.8, 4) is 0 Å². The zero-order valence-corrected chi connectivity index (χ0v) is 11.3. The standard InChI is InChI=1S/C13H21N3O3/c1-10(16-5-3-2-4-6-16)8-14-9-11-7-12(13(17)18)15-19-11/h7,10,14H,2-6,8-9H2,1H3,(H,17,18). The van der Waals surface area contributed by atoms with E-state index in [2.05, 4.69) is 22.3 Å². The molecular formula is C13H21N3O3. The summed E-state index contributed by atoms with van der Waals surface area (Å²) in [5.41, 5.74) is -0.0409. The molecule has 0 aromatic carbocycles. The van der Waals surface area contributed by atoms with Gasteiger partial charge in [0.1, 0.15) is 0 Å². The van der Waals surface area contributed by atoms with Crippen molar-refractivity contribution < 1.29 is 14.4 Å². The van der Waals surface area contributed by atoms with Crippen molar-refractivity contribution in [3.63, 3.8) is 0 Å². The van der Waals surface area contributed by atoms with Crippen molar-refractivity contribution in [1.29, 1.82) is 0 Å². The summed E-state index contributed by atoms with van der Waals surface area (Å²) in [5, 5.41) is 15.5. The number of hydrogen-bond donors (Lipinski definition) is 2. The number of aromatic nitrogens is 1. The van der Waals surface area contributed by atoms with Crippen molar-refractivity contribution in [3.05, 3.63) is 17.5 Å². The van der Waals surface area contributed by atoms with Crippen molar-refractivity contribution in [2.24, 2.45) is 0 Å². The maximum atomic E-state index is 10.7. The predicted molar refractivity (Wildman–Crippen MR) is 70.1 cm³/mol. The van der Waals surface area contributed by atoms with E-state index in [1.165, 1.54) is 38.4 Å². The van der Waals surface area contributed by atoms with Crippen LogP contribution in [-0.2, 0) is 6.54 Å². The van der Waals surface area contributed by atoms with Gasteiger partial charge < -0.3 is 14.9 Å². The molecular weight excluding hydrogens is 246 g/mol. The number of carboxylic acids is 1. The first kappa shape index (κ1) is 14.0. The molecule has 1 unspecified atom stereocenters. The van der Waals surface area contributed by atoms with Crippen LogP contribution in [0.4, 0.5) is 0 Å². The number of nitrogens with zero attached hydrogens (tertiary/aromatic N) is 2. The monoisotopic (exact) mass is 267 g/mol. The van der Waals surface area contributed by atoms with E-state index in [0.717, 1.165) is 6.54 Å². The number of rotatable bonds is 6. The molecule has 1 aliphatic heterocycles. The number of carbonyl (C=O) groups is 1. The van der Waals surface area contributed by atoms with Gasteiger partial charge in [0, 0.05) is 18.7 Å².